The number of unbranched alkanes of at least 4 members (excludes halogenated alkanes) is 20. The SMILES string of the molecule is CC/C=C\C/C=C\C/C=C\C/C=C\C/C=C\C/C=C\CCCCCCCCC(=O)NC(COC1OC(CO)C(OC2OC(CO)C(OC3OC(CO)C(O)C(O)C3O)C(O)C2O)C(O)C1O)C(O)/C=C/CC/C=C/CC/C=C/CCCCCCCCCCCCCC. The number of amides is 1. The van der Waals surface area contributed by atoms with Gasteiger partial charge < -0.3 is 89.9 Å². The number of aliphatic hydroxyl groups is 11. The van der Waals surface area contributed by atoms with Gasteiger partial charge in [0.05, 0.1) is 38.6 Å². The Balaban J connectivity index is 1.47. The van der Waals surface area contributed by atoms with E-state index in [-0.39, 0.29) is 18.9 Å². The van der Waals surface area contributed by atoms with E-state index in [9.17, 15) is 61.0 Å². The average Bonchev–Trinajstić information content (AvgIpc) is 0.837. The third-order valence-corrected chi connectivity index (χ3v) is 16.8. The summed E-state index contributed by atoms with van der Waals surface area (Å²) in [7, 11) is 0. The maximum atomic E-state index is 13.4. The van der Waals surface area contributed by atoms with E-state index in [1.807, 2.05) is 6.08 Å². The number of hydrogen-bond acceptors (Lipinski definition) is 18. The molecule has 3 fully saturated rings. The molecule has 19 nitrogen and oxygen atoms in total. The Bertz CT molecular complexity index is 2090. The zero-order chi connectivity index (χ0) is 66.8. The molecule has 12 N–H and O–H groups in total. The summed E-state index contributed by atoms with van der Waals surface area (Å²) in [5.41, 5.74) is 0. The van der Waals surface area contributed by atoms with Gasteiger partial charge in [0.2, 0.25) is 5.91 Å². The average molecular weight is 1300 g/mol. The molecular weight excluding hydrogens is 1180 g/mol. The Morgan fingerprint density at radius 1 is 0.402 bits per heavy atom. The van der Waals surface area contributed by atoms with Gasteiger partial charge in [0.15, 0.2) is 18.9 Å². The second-order valence-corrected chi connectivity index (χ2v) is 24.6. The van der Waals surface area contributed by atoms with Gasteiger partial charge in [-0.1, -0.05) is 220 Å². The Labute approximate surface area is 551 Å². The molecule has 3 heterocycles. The number of hydrogen-bond donors (Lipinski definition) is 12. The van der Waals surface area contributed by atoms with Crippen molar-refractivity contribution in [1.82, 2.24) is 5.32 Å². The molecule has 3 rings (SSSR count). The van der Waals surface area contributed by atoms with Crippen LogP contribution in [0.2, 0.25) is 0 Å². The normalized spacial score (nSPS) is 28.4. The topological polar surface area (TPSA) is 307 Å². The first-order valence-electron chi connectivity index (χ1n) is 35.1. The Morgan fingerprint density at radius 3 is 1.22 bits per heavy atom. The van der Waals surface area contributed by atoms with Crippen molar-refractivity contribution >= 4 is 5.91 Å². The molecule has 3 aliphatic rings. The van der Waals surface area contributed by atoms with Gasteiger partial charge in [0, 0.05) is 6.42 Å². The lowest BCUT2D eigenvalue weighted by Gasteiger charge is -2.48. The zero-order valence-electron chi connectivity index (χ0n) is 55.7. The van der Waals surface area contributed by atoms with Crippen molar-refractivity contribution in [3.63, 3.8) is 0 Å². The van der Waals surface area contributed by atoms with Crippen LogP contribution < -0.4 is 5.32 Å². The lowest BCUT2D eigenvalue weighted by molar-refractivity contribution is -0.379. The van der Waals surface area contributed by atoms with Crippen molar-refractivity contribution in [3.05, 3.63) is 109 Å². The van der Waals surface area contributed by atoms with Gasteiger partial charge in [-0.3, -0.25) is 4.79 Å². The summed E-state index contributed by atoms with van der Waals surface area (Å²) in [5, 5.41) is 121. The number of carbonyl (C=O) groups is 1. The molecule has 0 spiro atoms. The van der Waals surface area contributed by atoms with E-state index >= 15 is 0 Å². The van der Waals surface area contributed by atoms with Crippen LogP contribution in [-0.4, -0.2) is 193 Å². The lowest BCUT2D eigenvalue weighted by atomic mass is 9.96. The quantitative estimate of drug-likeness (QED) is 0.0199. The Hall–Kier alpha value is -3.55. The molecule has 92 heavy (non-hydrogen) atoms. The first kappa shape index (κ1) is 82.7. The number of allylic oxidation sites excluding steroid dienone is 17. The van der Waals surface area contributed by atoms with E-state index in [4.69, 9.17) is 28.4 Å². The highest BCUT2D eigenvalue weighted by Gasteiger charge is 2.53. The second kappa shape index (κ2) is 53.6. The molecule has 17 atom stereocenters. The standard InChI is InChI=1S/C73H123NO18/c1-3-5-7-9-11-13-15-17-19-21-23-25-27-28-29-31-33-35-37-39-41-43-45-47-49-51-61(79)74-56(57(78)50-48-46-44-42-40-38-36-34-32-30-26-24-22-20-18-16-14-12-10-8-6-4-2)55-87-71-67(85)64(82)69(59(53-76)89-71)92-73-68(86)65(83)70(60(54-77)90-73)91-72-66(84)63(81)62(80)58(52-75)88-72/h5,7,11,13,17,19,23,25,28-29,32-35,40,42,48,50,56-60,62-73,75-78,80-86H,3-4,6,8-10,12,14-16,18,20-22,24,26-27,30-31,36-39,41,43-47,49,51-55H2,1-2H3,(H,74,79)/b7-5-,13-11-,19-17-,25-23-,29-28-,34-32+,35-33-,42-40+,50-48+. The highest BCUT2D eigenvalue weighted by Crippen LogP contribution is 2.33. The molecule has 3 saturated heterocycles. The number of ether oxygens (including phenoxy) is 6. The zero-order valence-corrected chi connectivity index (χ0v) is 55.7. The first-order valence-corrected chi connectivity index (χ1v) is 35.1. The highest BCUT2D eigenvalue weighted by molar-refractivity contribution is 5.76. The summed E-state index contributed by atoms with van der Waals surface area (Å²) in [4.78, 5) is 13.4. The van der Waals surface area contributed by atoms with Crippen LogP contribution >= 0.6 is 0 Å². The van der Waals surface area contributed by atoms with E-state index in [1.165, 1.54) is 77.0 Å². The smallest absolute Gasteiger partial charge is 0.220 e. The molecule has 0 bridgehead atoms. The molecule has 0 aliphatic carbocycles. The second-order valence-electron chi connectivity index (χ2n) is 24.6. The molecule has 0 radical (unpaired) electrons. The summed E-state index contributed by atoms with van der Waals surface area (Å²) >= 11 is 0. The summed E-state index contributed by atoms with van der Waals surface area (Å²) in [6.45, 7) is 1.57. The number of carbonyl (C=O) groups excluding carboxylic acids is 1. The van der Waals surface area contributed by atoms with Gasteiger partial charge in [-0.25, -0.2) is 0 Å². The van der Waals surface area contributed by atoms with Crippen molar-refractivity contribution in [1.29, 1.82) is 0 Å². The molecule has 0 aromatic rings. The minimum atomic E-state index is -1.99. The largest absolute Gasteiger partial charge is 0.394 e. The van der Waals surface area contributed by atoms with Gasteiger partial charge in [0.25, 0.3) is 0 Å². The van der Waals surface area contributed by atoms with E-state index in [2.05, 4.69) is 116 Å². The summed E-state index contributed by atoms with van der Waals surface area (Å²) in [6, 6.07) is -1.01. The van der Waals surface area contributed by atoms with Gasteiger partial charge in [-0.15, -0.1) is 0 Å². The Kier molecular flexibility index (Phi) is 48.1. The number of rotatable bonds is 52. The summed E-state index contributed by atoms with van der Waals surface area (Å²) in [5.74, 6) is -0.308. The highest BCUT2D eigenvalue weighted by atomic mass is 16.8. The number of nitrogens with one attached hydrogen (secondary N) is 1. The van der Waals surface area contributed by atoms with Crippen LogP contribution in [-0.2, 0) is 33.2 Å². The van der Waals surface area contributed by atoms with Crippen LogP contribution in [0.15, 0.2) is 109 Å². The maximum absolute atomic E-state index is 13.4. The van der Waals surface area contributed by atoms with E-state index in [1.54, 1.807) is 6.08 Å². The van der Waals surface area contributed by atoms with Crippen molar-refractivity contribution in [2.75, 3.05) is 26.4 Å². The fourth-order valence-electron chi connectivity index (χ4n) is 11.1. The van der Waals surface area contributed by atoms with Gasteiger partial charge in [-0.2, -0.15) is 0 Å². The molecule has 19 heteroatoms. The lowest BCUT2D eigenvalue weighted by Crippen LogP contribution is -2.66. The first-order chi connectivity index (χ1) is 44.8. The van der Waals surface area contributed by atoms with Gasteiger partial charge in [-0.05, 0) is 96.3 Å². The fourth-order valence-corrected chi connectivity index (χ4v) is 11.1. The molecule has 0 saturated carbocycles. The van der Waals surface area contributed by atoms with Crippen LogP contribution in [0.1, 0.15) is 213 Å². The molecule has 17 unspecified atom stereocenters. The van der Waals surface area contributed by atoms with Crippen LogP contribution in [0.4, 0.5) is 0 Å². The Morgan fingerprint density at radius 2 is 0.761 bits per heavy atom. The summed E-state index contributed by atoms with van der Waals surface area (Å²) in [6.07, 6.45) is 44.8. The van der Waals surface area contributed by atoms with Crippen LogP contribution in [0, 0.1) is 0 Å². The van der Waals surface area contributed by atoms with Crippen molar-refractivity contribution in [2.45, 2.75) is 317 Å². The monoisotopic (exact) mass is 1300 g/mol. The number of aliphatic hydroxyl groups excluding tert-OH is 11. The van der Waals surface area contributed by atoms with Gasteiger partial charge in [0.1, 0.15) is 73.2 Å². The minimum Gasteiger partial charge on any atom is -0.394 e. The molecule has 3 aliphatic heterocycles. The van der Waals surface area contributed by atoms with Crippen molar-refractivity contribution in [2.24, 2.45) is 0 Å². The predicted molar refractivity (Wildman–Crippen MR) is 360 cm³/mol. The van der Waals surface area contributed by atoms with E-state index < -0.39 is 124 Å². The molecule has 0 aromatic heterocycles. The minimum absolute atomic E-state index is 0.208. The third kappa shape index (κ3) is 34.9. The summed E-state index contributed by atoms with van der Waals surface area (Å²) < 4.78 is 34.3. The van der Waals surface area contributed by atoms with Crippen LogP contribution in [0.3, 0.4) is 0 Å². The van der Waals surface area contributed by atoms with Crippen molar-refractivity contribution in [3.8, 4) is 0 Å². The van der Waals surface area contributed by atoms with Gasteiger partial charge >= 0.3 is 0 Å². The molecule has 0 aromatic carbocycles. The third-order valence-electron chi connectivity index (χ3n) is 16.8. The maximum Gasteiger partial charge on any atom is 0.220 e. The molecule has 1 amide bonds. The van der Waals surface area contributed by atoms with E-state index in [0.29, 0.717) is 12.8 Å². The fraction of sp³-hybridized carbons (Fsp3) is 0.740. The van der Waals surface area contributed by atoms with E-state index in [0.717, 1.165) is 103 Å². The van der Waals surface area contributed by atoms with Crippen LogP contribution in [0.25, 0.3) is 0 Å². The molecule has 528 valence electrons. The molecular formula is C73H123NO18. The van der Waals surface area contributed by atoms with Crippen molar-refractivity contribution < 1.29 is 89.4 Å². The predicted octanol–water partition coefficient (Wildman–Crippen LogP) is 9.44. The van der Waals surface area contributed by atoms with Crippen LogP contribution in [0.5, 0.6) is 0 Å².